The number of thiophene rings is 1. The average Bonchev–Trinajstić information content (AvgIpc) is 2.83. The molecule has 2 rings (SSSR count). The van der Waals surface area contributed by atoms with E-state index < -0.39 is 5.97 Å². The maximum absolute atomic E-state index is 10.4. The van der Waals surface area contributed by atoms with Crippen molar-refractivity contribution < 1.29 is 9.90 Å². The number of aliphatic carboxylic acids is 1. The summed E-state index contributed by atoms with van der Waals surface area (Å²) in [6.45, 7) is 0. The molecule has 0 aliphatic carbocycles. The van der Waals surface area contributed by atoms with E-state index in [4.69, 9.17) is 5.11 Å². The molecule has 1 aromatic heterocycles. The SMILES string of the molecule is O=C(O)CCCc1ccc(-c2cccs2)cc1. The molecule has 0 unspecified atom stereocenters. The van der Waals surface area contributed by atoms with Gasteiger partial charge in [0.2, 0.25) is 0 Å². The lowest BCUT2D eigenvalue weighted by atomic mass is 10.1. The van der Waals surface area contributed by atoms with Crippen LogP contribution < -0.4 is 0 Å². The molecule has 88 valence electrons. The molecule has 1 N–H and O–H groups in total. The van der Waals surface area contributed by atoms with Crippen LogP contribution in [0.1, 0.15) is 18.4 Å². The quantitative estimate of drug-likeness (QED) is 0.870. The first-order valence-electron chi connectivity index (χ1n) is 5.60. The van der Waals surface area contributed by atoms with E-state index >= 15 is 0 Å². The van der Waals surface area contributed by atoms with Crippen LogP contribution in [0.25, 0.3) is 10.4 Å². The minimum absolute atomic E-state index is 0.243. The molecule has 0 saturated carbocycles. The number of hydrogen-bond donors (Lipinski definition) is 1. The predicted octanol–water partition coefficient (Wildman–Crippen LogP) is 3.82. The smallest absolute Gasteiger partial charge is 0.303 e. The first-order valence-corrected chi connectivity index (χ1v) is 6.48. The van der Waals surface area contributed by atoms with Crippen molar-refractivity contribution in [2.24, 2.45) is 0 Å². The summed E-state index contributed by atoms with van der Waals surface area (Å²) in [6, 6.07) is 12.5. The Hall–Kier alpha value is -1.61. The lowest BCUT2D eigenvalue weighted by Gasteiger charge is -2.02. The highest BCUT2D eigenvalue weighted by Crippen LogP contribution is 2.24. The van der Waals surface area contributed by atoms with Gasteiger partial charge < -0.3 is 5.11 Å². The lowest BCUT2D eigenvalue weighted by molar-refractivity contribution is -0.137. The van der Waals surface area contributed by atoms with E-state index in [-0.39, 0.29) is 6.42 Å². The number of benzene rings is 1. The molecule has 3 heteroatoms. The third-order valence-electron chi connectivity index (χ3n) is 2.62. The van der Waals surface area contributed by atoms with Crippen LogP contribution >= 0.6 is 11.3 Å². The summed E-state index contributed by atoms with van der Waals surface area (Å²) in [5.74, 6) is -0.722. The highest BCUT2D eigenvalue weighted by Gasteiger charge is 2.00. The number of carboxylic acids is 1. The molecule has 0 fully saturated rings. The van der Waals surface area contributed by atoms with Crippen molar-refractivity contribution in [1.29, 1.82) is 0 Å². The molecule has 0 spiro atoms. The lowest BCUT2D eigenvalue weighted by Crippen LogP contribution is -1.95. The zero-order valence-corrected chi connectivity index (χ0v) is 10.2. The van der Waals surface area contributed by atoms with E-state index in [2.05, 4.69) is 35.7 Å². The second-order valence-corrected chi connectivity index (χ2v) is 4.87. The van der Waals surface area contributed by atoms with Gasteiger partial charge >= 0.3 is 5.97 Å². The number of carbonyl (C=O) groups is 1. The van der Waals surface area contributed by atoms with Gasteiger partial charge in [0.25, 0.3) is 0 Å². The Bertz CT molecular complexity index is 471. The summed E-state index contributed by atoms with van der Waals surface area (Å²) < 4.78 is 0. The summed E-state index contributed by atoms with van der Waals surface area (Å²) in [7, 11) is 0. The Morgan fingerprint density at radius 2 is 1.94 bits per heavy atom. The molecule has 0 aliphatic heterocycles. The van der Waals surface area contributed by atoms with Crippen LogP contribution in [0, 0.1) is 0 Å². The van der Waals surface area contributed by atoms with E-state index in [1.165, 1.54) is 16.0 Å². The molecular formula is C14H14O2S. The van der Waals surface area contributed by atoms with Gasteiger partial charge in [-0.2, -0.15) is 0 Å². The fraction of sp³-hybridized carbons (Fsp3) is 0.214. The monoisotopic (exact) mass is 246 g/mol. The van der Waals surface area contributed by atoms with E-state index in [0.717, 1.165) is 6.42 Å². The van der Waals surface area contributed by atoms with E-state index in [1.807, 2.05) is 6.07 Å². The summed E-state index contributed by atoms with van der Waals surface area (Å²) in [5.41, 5.74) is 2.42. The van der Waals surface area contributed by atoms with Crippen molar-refractivity contribution in [3.8, 4) is 10.4 Å². The Morgan fingerprint density at radius 1 is 1.18 bits per heavy atom. The third-order valence-corrected chi connectivity index (χ3v) is 3.53. The maximum atomic E-state index is 10.4. The van der Waals surface area contributed by atoms with Crippen molar-refractivity contribution in [3.05, 3.63) is 47.3 Å². The third kappa shape index (κ3) is 3.43. The summed E-state index contributed by atoms with van der Waals surface area (Å²) in [6.07, 6.45) is 1.78. The van der Waals surface area contributed by atoms with E-state index in [1.54, 1.807) is 11.3 Å². The fourth-order valence-corrected chi connectivity index (χ4v) is 2.46. The molecule has 0 bridgehead atoms. The number of rotatable bonds is 5. The van der Waals surface area contributed by atoms with Crippen LogP contribution in [-0.4, -0.2) is 11.1 Å². The van der Waals surface area contributed by atoms with Gasteiger partial charge in [0, 0.05) is 11.3 Å². The van der Waals surface area contributed by atoms with Crippen LogP contribution in [0.4, 0.5) is 0 Å². The highest BCUT2D eigenvalue weighted by atomic mass is 32.1. The number of hydrogen-bond acceptors (Lipinski definition) is 2. The fourth-order valence-electron chi connectivity index (χ4n) is 1.72. The topological polar surface area (TPSA) is 37.3 Å². The summed E-state index contributed by atoms with van der Waals surface area (Å²) in [4.78, 5) is 11.7. The number of carboxylic acid groups (broad SMARTS) is 1. The Balaban J connectivity index is 1.96. The van der Waals surface area contributed by atoms with Crippen LogP contribution in [0.15, 0.2) is 41.8 Å². The van der Waals surface area contributed by atoms with Crippen molar-refractivity contribution in [2.45, 2.75) is 19.3 Å². The van der Waals surface area contributed by atoms with Gasteiger partial charge in [-0.25, -0.2) is 0 Å². The van der Waals surface area contributed by atoms with Gasteiger partial charge in [0.15, 0.2) is 0 Å². The van der Waals surface area contributed by atoms with Crippen LogP contribution in [0.3, 0.4) is 0 Å². The van der Waals surface area contributed by atoms with Crippen molar-refractivity contribution in [2.75, 3.05) is 0 Å². The molecule has 0 radical (unpaired) electrons. The van der Waals surface area contributed by atoms with Gasteiger partial charge in [-0.05, 0) is 35.4 Å². The van der Waals surface area contributed by atoms with Crippen LogP contribution in [-0.2, 0) is 11.2 Å². The second-order valence-electron chi connectivity index (χ2n) is 3.92. The van der Waals surface area contributed by atoms with Crippen LogP contribution in [0.2, 0.25) is 0 Å². The molecule has 2 aromatic rings. The van der Waals surface area contributed by atoms with Gasteiger partial charge in [-0.1, -0.05) is 30.3 Å². The van der Waals surface area contributed by atoms with Crippen molar-refractivity contribution >= 4 is 17.3 Å². The minimum atomic E-state index is -0.722. The zero-order valence-electron chi connectivity index (χ0n) is 9.43. The molecule has 0 aliphatic rings. The van der Waals surface area contributed by atoms with E-state index in [0.29, 0.717) is 6.42 Å². The van der Waals surface area contributed by atoms with Crippen molar-refractivity contribution in [3.63, 3.8) is 0 Å². The van der Waals surface area contributed by atoms with Gasteiger partial charge in [0.1, 0.15) is 0 Å². The summed E-state index contributed by atoms with van der Waals surface area (Å²) >= 11 is 1.73. The van der Waals surface area contributed by atoms with Crippen LogP contribution in [0.5, 0.6) is 0 Å². The normalized spacial score (nSPS) is 10.4. The minimum Gasteiger partial charge on any atom is -0.481 e. The Kier molecular flexibility index (Phi) is 3.94. The van der Waals surface area contributed by atoms with Gasteiger partial charge in [-0.3, -0.25) is 4.79 Å². The van der Waals surface area contributed by atoms with Gasteiger partial charge in [0.05, 0.1) is 0 Å². The molecule has 0 saturated heterocycles. The molecule has 2 nitrogen and oxygen atoms in total. The first-order chi connectivity index (χ1) is 8.25. The van der Waals surface area contributed by atoms with E-state index in [9.17, 15) is 4.79 Å². The average molecular weight is 246 g/mol. The molecule has 0 amide bonds. The standard InChI is InChI=1S/C14H14O2S/c15-14(16)5-1-3-11-6-8-12(9-7-11)13-4-2-10-17-13/h2,4,6-10H,1,3,5H2,(H,15,16). The molecule has 1 heterocycles. The van der Waals surface area contributed by atoms with Gasteiger partial charge in [-0.15, -0.1) is 11.3 Å². The summed E-state index contributed by atoms with van der Waals surface area (Å²) in [5, 5.41) is 10.6. The Morgan fingerprint density at radius 3 is 2.53 bits per heavy atom. The second kappa shape index (κ2) is 5.64. The van der Waals surface area contributed by atoms with Crippen molar-refractivity contribution in [1.82, 2.24) is 0 Å². The molecule has 17 heavy (non-hydrogen) atoms. The zero-order chi connectivity index (χ0) is 12.1. The maximum Gasteiger partial charge on any atom is 0.303 e. The highest BCUT2D eigenvalue weighted by molar-refractivity contribution is 7.13. The predicted molar refractivity (Wildman–Crippen MR) is 70.3 cm³/mol. The molecular weight excluding hydrogens is 232 g/mol. The molecule has 1 aromatic carbocycles. The molecule has 0 atom stereocenters. The Labute approximate surface area is 105 Å². The largest absolute Gasteiger partial charge is 0.481 e. The number of aryl methyl sites for hydroxylation is 1. The first kappa shape index (κ1) is 11.9.